The van der Waals surface area contributed by atoms with Gasteiger partial charge in [0.1, 0.15) is 30.1 Å². The molecular weight excluding hydrogens is 438 g/mol. The number of halogens is 2. The highest BCUT2D eigenvalue weighted by Gasteiger charge is 2.20. The second-order valence-electron chi connectivity index (χ2n) is 6.75. The number of nitrogens with one attached hydrogen (secondary N) is 1. The Labute approximate surface area is 185 Å². The zero-order chi connectivity index (χ0) is 22.5. The van der Waals surface area contributed by atoms with Gasteiger partial charge in [0.05, 0.1) is 10.6 Å². The third-order valence-corrected chi connectivity index (χ3v) is 5.24. The fourth-order valence-electron chi connectivity index (χ4n) is 2.81. The van der Waals surface area contributed by atoms with Gasteiger partial charge in [-0.05, 0) is 60.0 Å². The number of benzene rings is 2. The number of hydrogen-bond acceptors (Lipinski definition) is 6. The minimum atomic E-state index is -1.00. The van der Waals surface area contributed by atoms with E-state index in [0.717, 1.165) is 4.88 Å². The lowest BCUT2D eigenvalue weighted by molar-refractivity contribution is 0.0835. The van der Waals surface area contributed by atoms with Crippen LogP contribution in [0.25, 0.3) is 16.4 Å². The van der Waals surface area contributed by atoms with Gasteiger partial charge in [0, 0.05) is 6.54 Å². The summed E-state index contributed by atoms with van der Waals surface area (Å²) >= 11 is 1.43. The average molecular weight is 456 g/mol. The van der Waals surface area contributed by atoms with Crippen molar-refractivity contribution in [3.63, 3.8) is 0 Å². The maximum Gasteiger partial charge on any atom is 0.291 e. The first kappa shape index (κ1) is 21.6. The van der Waals surface area contributed by atoms with E-state index in [1.54, 1.807) is 12.1 Å². The van der Waals surface area contributed by atoms with Crippen LogP contribution in [0.3, 0.4) is 0 Å². The van der Waals surface area contributed by atoms with Crippen molar-refractivity contribution in [1.29, 1.82) is 0 Å². The number of carbonyl (C=O) groups excluding carboxylic acids is 1. The van der Waals surface area contributed by atoms with Crippen molar-refractivity contribution in [2.75, 3.05) is 13.2 Å². The fourth-order valence-corrected chi connectivity index (χ4v) is 3.51. The maximum atomic E-state index is 13.3. The van der Waals surface area contributed by atoms with Gasteiger partial charge in [-0.3, -0.25) is 4.79 Å². The van der Waals surface area contributed by atoms with Gasteiger partial charge in [0.2, 0.25) is 5.82 Å². The molecule has 2 aromatic carbocycles. The molecule has 10 heteroatoms. The largest absolute Gasteiger partial charge is 0.491 e. The van der Waals surface area contributed by atoms with Gasteiger partial charge in [-0.2, -0.15) is 0 Å². The molecule has 1 amide bonds. The zero-order valence-corrected chi connectivity index (χ0v) is 17.4. The minimum absolute atomic E-state index is 0.0932. The molecule has 0 fully saturated rings. The average Bonchev–Trinajstić information content (AvgIpc) is 3.48. The van der Waals surface area contributed by atoms with Crippen LogP contribution in [0.4, 0.5) is 8.78 Å². The Morgan fingerprint density at radius 2 is 1.78 bits per heavy atom. The molecule has 7 nitrogen and oxygen atoms in total. The number of aliphatic hydroxyl groups is 1. The molecule has 32 heavy (non-hydrogen) atoms. The SMILES string of the molecule is O=C(NCC(O)COc1ccc(F)cc1)c1nc(-c2cccs2)n(-c2ccc(F)cc2)n1. The van der Waals surface area contributed by atoms with Gasteiger partial charge < -0.3 is 15.2 Å². The summed E-state index contributed by atoms with van der Waals surface area (Å²) in [6, 6.07) is 14.7. The number of carbonyl (C=O) groups is 1. The van der Waals surface area contributed by atoms with E-state index < -0.39 is 12.0 Å². The van der Waals surface area contributed by atoms with Gasteiger partial charge in [-0.25, -0.2) is 18.4 Å². The van der Waals surface area contributed by atoms with Crippen LogP contribution in [0, 0.1) is 11.6 Å². The molecule has 4 aromatic rings. The first-order valence-corrected chi connectivity index (χ1v) is 10.5. The van der Waals surface area contributed by atoms with Crippen LogP contribution in [0.15, 0.2) is 66.0 Å². The van der Waals surface area contributed by atoms with Crippen molar-refractivity contribution in [2.24, 2.45) is 0 Å². The maximum absolute atomic E-state index is 13.3. The number of thiophene rings is 1. The van der Waals surface area contributed by atoms with Crippen LogP contribution >= 0.6 is 11.3 Å². The summed E-state index contributed by atoms with van der Waals surface area (Å²) in [5, 5.41) is 18.8. The van der Waals surface area contributed by atoms with Gasteiger partial charge in [-0.15, -0.1) is 16.4 Å². The zero-order valence-electron chi connectivity index (χ0n) is 16.6. The number of aliphatic hydroxyl groups excluding tert-OH is 1. The summed E-state index contributed by atoms with van der Waals surface area (Å²) in [4.78, 5) is 17.7. The van der Waals surface area contributed by atoms with Gasteiger partial charge >= 0.3 is 0 Å². The third kappa shape index (κ3) is 5.16. The van der Waals surface area contributed by atoms with Crippen molar-refractivity contribution in [3.05, 3.63) is 83.5 Å². The second kappa shape index (κ2) is 9.67. The number of amides is 1. The first-order valence-electron chi connectivity index (χ1n) is 9.61. The van der Waals surface area contributed by atoms with Gasteiger partial charge in [0.15, 0.2) is 5.82 Å². The monoisotopic (exact) mass is 456 g/mol. The van der Waals surface area contributed by atoms with Crippen LogP contribution in [-0.2, 0) is 0 Å². The predicted octanol–water partition coefficient (Wildman–Crippen LogP) is 3.44. The van der Waals surface area contributed by atoms with Gasteiger partial charge in [-0.1, -0.05) is 6.07 Å². The number of ether oxygens (including phenoxy) is 1. The van der Waals surface area contributed by atoms with Gasteiger partial charge in [0.25, 0.3) is 5.91 Å². The third-order valence-electron chi connectivity index (χ3n) is 4.38. The standard InChI is InChI=1S/C22H18F2N4O3S/c23-14-3-7-16(8-4-14)28-21(19-2-1-11-32-19)26-20(27-28)22(30)25-12-17(29)13-31-18-9-5-15(24)6-10-18/h1-11,17,29H,12-13H2,(H,25,30). The van der Waals surface area contributed by atoms with Crippen molar-refractivity contribution < 1.29 is 23.4 Å². The van der Waals surface area contributed by atoms with Crippen LogP contribution < -0.4 is 10.1 Å². The minimum Gasteiger partial charge on any atom is -0.491 e. The Morgan fingerprint density at radius 3 is 2.44 bits per heavy atom. The van der Waals surface area contributed by atoms with E-state index in [4.69, 9.17) is 4.74 Å². The Balaban J connectivity index is 1.43. The van der Waals surface area contributed by atoms with Crippen LogP contribution in [0.1, 0.15) is 10.6 Å². The number of nitrogens with zero attached hydrogens (tertiary/aromatic N) is 3. The molecule has 1 atom stereocenters. The molecule has 1 unspecified atom stereocenters. The van der Waals surface area contributed by atoms with Crippen molar-refractivity contribution in [2.45, 2.75) is 6.10 Å². The van der Waals surface area contributed by atoms with Crippen LogP contribution in [0.5, 0.6) is 5.75 Å². The molecule has 0 spiro atoms. The van der Waals surface area contributed by atoms with Crippen molar-refractivity contribution in [1.82, 2.24) is 20.1 Å². The van der Waals surface area contributed by atoms with E-state index in [0.29, 0.717) is 17.3 Å². The molecule has 2 aromatic heterocycles. The first-order chi connectivity index (χ1) is 15.5. The predicted molar refractivity (Wildman–Crippen MR) is 115 cm³/mol. The lowest BCUT2D eigenvalue weighted by Gasteiger charge is -2.12. The number of aromatic nitrogens is 3. The van der Waals surface area contributed by atoms with E-state index in [1.165, 1.54) is 52.4 Å². The number of rotatable bonds is 8. The summed E-state index contributed by atoms with van der Waals surface area (Å²) in [6.07, 6.45) is -1.00. The number of hydrogen-bond donors (Lipinski definition) is 2. The smallest absolute Gasteiger partial charge is 0.291 e. The molecule has 0 bridgehead atoms. The molecule has 4 rings (SSSR count). The quantitative estimate of drug-likeness (QED) is 0.424. The molecule has 0 radical (unpaired) electrons. The summed E-state index contributed by atoms with van der Waals surface area (Å²) in [5.74, 6) is -0.607. The Kier molecular flexibility index (Phi) is 6.52. The highest BCUT2D eigenvalue weighted by molar-refractivity contribution is 7.13. The lowest BCUT2D eigenvalue weighted by atomic mass is 10.3. The van der Waals surface area contributed by atoms with Crippen LogP contribution in [0.2, 0.25) is 0 Å². The molecule has 0 saturated carbocycles. The molecule has 164 valence electrons. The summed E-state index contributed by atoms with van der Waals surface area (Å²) in [7, 11) is 0. The van der Waals surface area contributed by atoms with Crippen LogP contribution in [-0.4, -0.2) is 45.0 Å². The highest BCUT2D eigenvalue weighted by Crippen LogP contribution is 2.25. The summed E-state index contributed by atoms with van der Waals surface area (Å²) < 4.78 is 33.1. The lowest BCUT2D eigenvalue weighted by Crippen LogP contribution is -2.35. The summed E-state index contributed by atoms with van der Waals surface area (Å²) in [6.45, 7) is -0.191. The molecule has 0 saturated heterocycles. The van der Waals surface area contributed by atoms with E-state index in [9.17, 15) is 18.7 Å². The molecule has 0 aliphatic heterocycles. The van der Waals surface area contributed by atoms with E-state index in [2.05, 4.69) is 15.4 Å². The fraction of sp³-hybridized carbons (Fsp3) is 0.136. The molecule has 0 aliphatic carbocycles. The molecule has 2 N–H and O–H groups in total. The molecular formula is C22H18F2N4O3S. The Hall–Kier alpha value is -3.63. The Morgan fingerprint density at radius 1 is 1.09 bits per heavy atom. The van der Waals surface area contributed by atoms with E-state index >= 15 is 0 Å². The van der Waals surface area contributed by atoms with Crippen molar-refractivity contribution in [3.8, 4) is 22.1 Å². The van der Waals surface area contributed by atoms with E-state index in [1.807, 2.05) is 17.5 Å². The topological polar surface area (TPSA) is 89.3 Å². The van der Waals surface area contributed by atoms with Crippen molar-refractivity contribution >= 4 is 17.2 Å². The van der Waals surface area contributed by atoms with E-state index in [-0.39, 0.29) is 30.6 Å². The highest BCUT2D eigenvalue weighted by atomic mass is 32.1. The Bertz CT molecular complexity index is 1180. The molecule has 2 heterocycles. The molecule has 0 aliphatic rings. The summed E-state index contributed by atoms with van der Waals surface area (Å²) in [5.41, 5.74) is 0.550. The normalized spacial score (nSPS) is 11.8. The second-order valence-corrected chi connectivity index (χ2v) is 7.70.